The summed E-state index contributed by atoms with van der Waals surface area (Å²) in [6, 6.07) is 11.1. The third-order valence-electron chi connectivity index (χ3n) is 8.42. The maximum atomic E-state index is 15.4. The van der Waals surface area contributed by atoms with Crippen LogP contribution in [-0.2, 0) is 4.79 Å². The molecule has 6 rings (SSSR count). The average molecular weight is 652 g/mol. The fraction of sp³-hybridized carbons (Fsp3) is 0.333. The number of aromatic nitrogens is 3. The first kappa shape index (κ1) is 31.8. The molecule has 4 heterocycles. The topological polar surface area (TPSA) is 105 Å². The maximum absolute atomic E-state index is 15.4. The second-order valence-corrected chi connectivity index (χ2v) is 11.4. The van der Waals surface area contributed by atoms with Gasteiger partial charge >= 0.3 is 6.18 Å². The molecule has 0 bridgehead atoms. The molecule has 246 valence electrons. The highest BCUT2D eigenvalue weighted by Gasteiger charge is 2.43. The van der Waals surface area contributed by atoms with Gasteiger partial charge in [0.05, 0.1) is 29.9 Å². The van der Waals surface area contributed by atoms with Crippen molar-refractivity contribution in [1.29, 1.82) is 0 Å². The van der Waals surface area contributed by atoms with E-state index in [-0.39, 0.29) is 42.9 Å². The number of hydrogen-bond acceptors (Lipinski definition) is 9. The molecule has 1 amide bonds. The Labute approximate surface area is 268 Å². The largest absolute Gasteiger partial charge is 0.495 e. The van der Waals surface area contributed by atoms with Gasteiger partial charge < -0.3 is 29.9 Å². The van der Waals surface area contributed by atoms with E-state index in [0.29, 0.717) is 47.1 Å². The highest BCUT2D eigenvalue weighted by atomic mass is 19.4. The lowest BCUT2D eigenvalue weighted by atomic mass is 10.0. The zero-order valence-electron chi connectivity index (χ0n) is 25.6. The van der Waals surface area contributed by atoms with Gasteiger partial charge in [0.25, 0.3) is 0 Å². The molecule has 0 aliphatic carbocycles. The Morgan fingerprint density at radius 2 is 1.79 bits per heavy atom. The van der Waals surface area contributed by atoms with Gasteiger partial charge in [0.15, 0.2) is 0 Å². The molecule has 0 saturated carbocycles. The summed E-state index contributed by atoms with van der Waals surface area (Å²) in [5, 5.41) is 7.20. The molecule has 2 N–H and O–H groups in total. The highest BCUT2D eigenvalue weighted by Crippen LogP contribution is 2.37. The molecule has 2 aromatic heterocycles. The van der Waals surface area contributed by atoms with Crippen LogP contribution in [0.25, 0.3) is 10.9 Å². The van der Waals surface area contributed by atoms with Gasteiger partial charge in [0, 0.05) is 62.0 Å². The van der Waals surface area contributed by atoms with Gasteiger partial charge in [-0.05, 0) is 49.6 Å². The van der Waals surface area contributed by atoms with E-state index in [9.17, 15) is 18.0 Å². The minimum absolute atomic E-state index is 0.00188. The molecule has 2 aromatic carbocycles. The number of piperidine rings is 1. The first-order valence-electron chi connectivity index (χ1n) is 15.1. The molecule has 1 unspecified atom stereocenters. The Morgan fingerprint density at radius 1 is 1.00 bits per heavy atom. The van der Waals surface area contributed by atoms with Crippen LogP contribution in [0.3, 0.4) is 0 Å². The van der Waals surface area contributed by atoms with Crippen LogP contribution in [0.15, 0.2) is 67.6 Å². The normalized spacial score (nSPS) is 17.1. The number of anilines is 4. The molecule has 0 spiro atoms. The number of rotatable bonds is 9. The number of benzene rings is 2. The summed E-state index contributed by atoms with van der Waals surface area (Å²) in [5.41, 5.74) is 1.45. The Balaban J connectivity index is 1.16. The summed E-state index contributed by atoms with van der Waals surface area (Å²) in [4.78, 5) is 28.2. The first-order chi connectivity index (χ1) is 22.6. The predicted octanol–water partition coefficient (Wildman–Crippen LogP) is 6.69. The number of methoxy groups -OCH3 is 1. The Kier molecular flexibility index (Phi) is 9.01. The molecule has 14 heteroatoms. The third kappa shape index (κ3) is 7.16. The number of likely N-dealkylation sites (tertiary alicyclic amines) is 1. The van der Waals surface area contributed by atoms with Crippen LogP contribution in [0.4, 0.5) is 40.6 Å². The lowest BCUT2D eigenvalue weighted by Crippen LogP contribution is -2.41. The minimum Gasteiger partial charge on any atom is -0.495 e. The summed E-state index contributed by atoms with van der Waals surface area (Å²) in [6.07, 6.45) is 1.38. The van der Waals surface area contributed by atoms with Crippen LogP contribution in [-0.4, -0.2) is 71.3 Å². The van der Waals surface area contributed by atoms with Crippen LogP contribution in [0.2, 0.25) is 0 Å². The quantitative estimate of drug-likeness (QED) is 0.151. The van der Waals surface area contributed by atoms with Gasteiger partial charge in [-0.3, -0.25) is 4.79 Å². The van der Waals surface area contributed by atoms with Crippen molar-refractivity contribution in [2.45, 2.75) is 31.5 Å². The van der Waals surface area contributed by atoms with Crippen LogP contribution in [0, 0.1) is 11.7 Å². The van der Waals surface area contributed by atoms with Crippen molar-refractivity contribution in [3.8, 4) is 17.2 Å². The molecule has 1 atom stereocenters. The van der Waals surface area contributed by atoms with E-state index in [4.69, 9.17) is 9.47 Å². The minimum atomic E-state index is -4.26. The molecule has 2 aliphatic heterocycles. The van der Waals surface area contributed by atoms with E-state index in [1.165, 1.54) is 30.7 Å². The highest BCUT2D eigenvalue weighted by molar-refractivity contribution is 5.95. The van der Waals surface area contributed by atoms with Gasteiger partial charge in [0.2, 0.25) is 5.91 Å². The Morgan fingerprint density at radius 3 is 2.49 bits per heavy atom. The second kappa shape index (κ2) is 13.3. The summed E-state index contributed by atoms with van der Waals surface area (Å²) >= 11 is 0. The van der Waals surface area contributed by atoms with Gasteiger partial charge in [-0.2, -0.15) is 13.2 Å². The Hall–Kier alpha value is -5.14. The van der Waals surface area contributed by atoms with E-state index in [1.807, 2.05) is 6.07 Å². The molecule has 2 aliphatic rings. The number of carbonyl (C=O) groups is 1. The number of halogens is 4. The number of ether oxygens (including phenoxy) is 2. The number of nitrogens with zero attached hydrogens (tertiary/aromatic N) is 5. The molecule has 47 heavy (non-hydrogen) atoms. The van der Waals surface area contributed by atoms with E-state index in [2.05, 4.69) is 32.2 Å². The van der Waals surface area contributed by atoms with Crippen LogP contribution < -0.4 is 25.0 Å². The lowest BCUT2D eigenvalue weighted by molar-refractivity contribution is -0.168. The fourth-order valence-corrected chi connectivity index (χ4v) is 5.85. The summed E-state index contributed by atoms with van der Waals surface area (Å²) in [7, 11) is 1.57. The fourth-order valence-electron chi connectivity index (χ4n) is 5.85. The number of nitrogens with one attached hydrogen (secondary N) is 2. The molecular formula is C33H33F4N7O3. The number of pyridine rings is 1. The molecule has 2 fully saturated rings. The van der Waals surface area contributed by atoms with Crippen LogP contribution in [0.1, 0.15) is 19.3 Å². The average Bonchev–Trinajstić information content (AvgIpc) is 3.58. The molecule has 4 aromatic rings. The first-order valence-corrected chi connectivity index (χ1v) is 15.1. The van der Waals surface area contributed by atoms with Gasteiger partial charge in [-0.1, -0.05) is 6.58 Å². The van der Waals surface area contributed by atoms with Crippen molar-refractivity contribution < 1.29 is 31.8 Å². The number of fused-ring (bicyclic) bond motifs is 1. The van der Waals surface area contributed by atoms with Gasteiger partial charge in [0.1, 0.15) is 41.0 Å². The van der Waals surface area contributed by atoms with Crippen molar-refractivity contribution in [2.75, 3.05) is 48.8 Å². The summed E-state index contributed by atoms with van der Waals surface area (Å²) in [5.74, 6) is -0.250. The zero-order valence-corrected chi connectivity index (χ0v) is 25.6. The van der Waals surface area contributed by atoms with E-state index >= 15 is 4.39 Å². The summed E-state index contributed by atoms with van der Waals surface area (Å²) in [6.45, 7) is 4.84. The van der Waals surface area contributed by atoms with Gasteiger partial charge in [-0.25, -0.2) is 19.3 Å². The molecule has 10 nitrogen and oxygen atoms in total. The number of hydrogen-bond donors (Lipinski definition) is 2. The van der Waals surface area contributed by atoms with Crippen LogP contribution >= 0.6 is 0 Å². The standard InChI is InChI=1S/C33H33F4N7O3/c1-3-31(45)43-12-8-21(9-13-43)41-28-16-24-27(17-29(28)46-2)39-19-40-32(24)42-26-5-4-22(14-25(26)34)47-23-6-10-38-30(15-23)44-11-7-20(18-44)33(35,36)37/h3-6,10,14-17,19-21,41H,1,7-9,11-13,18H2,2H3,(H,39,40,42). The number of carbonyl (C=O) groups excluding carboxylic acids is 1. The monoisotopic (exact) mass is 651 g/mol. The summed E-state index contributed by atoms with van der Waals surface area (Å²) < 4.78 is 66.2. The SMILES string of the molecule is C=CC(=O)N1CCC(Nc2cc3c(Nc4ccc(Oc5ccnc(N6CCC(C(F)(F)F)C6)c5)cc4F)ncnc3cc2OC)CC1. The van der Waals surface area contributed by atoms with Crippen molar-refractivity contribution >= 4 is 39.8 Å². The van der Waals surface area contributed by atoms with Crippen molar-refractivity contribution in [3.63, 3.8) is 0 Å². The Bertz CT molecular complexity index is 1780. The van der Waals surface area contributed by atoms with E-state index < -0.39 is 17.9 Å². The zero-order chi connectivity index (χ0) is 33.1. The molecular weight excluding hydrogens is 618 g/mol. The number of alkyl halides is 3. The van der Waals surface area contributed by atoms with Gasteiger partial charge in [-0.15, -0.1) is 0 Å². The smallest absolute Gasteiger partial charge is 0.393 e. The van der Waals surface area contributed by atoms with Crippen molar-refractivity contribution in [1.82, 2.24) is 19.9 Å². The third-order valence-corrected chi connectivity index (χ3v) is 8.42. The lowest BCUT2D eigenvalue weighted by Gasteiger charge is -2.32. The second-order valence-electron chi connectivity index (χ2n) is 11.4. The van der Waals surface area contributed by atoms with Crippen LogP contribution in [0.5, 0.6) is 17.2 Å². The predicted molar refractivity (Wildman–Crippen MR) is 170 cm³/mol. The van der Waals surface area contributed by atoms with Crippen molar-refractivity contribution in [2.24, 2.45) is 5.92 Å². The van der Waals surface area contributed by atoms with E-state index in [1.54, 1.807) is 41.2 Å². The number of amides is 1. The van der Waals surface area contributed by atoms with E-state index in [0.717, 1.165) is 18.5 Å². The van der Waals surface area contributed by atoms with Crippen molar-refractivity contribution in [3.05, 3.63) is 73.5 Å². The molecule has 2 saturated heterocycles. The molecule has 0 radical (unpaired) electrons. The maximum Gasteiger partial charge on any atom is 0.393 e.